The van der Waals surface area contributed by atoms with Gasteiger partial charge in [-0.2, -0.15) is 0 Å². The first-order chi connectivity index (χ1) is 9.56. The van der Waals surface area contributed by atoms with Crippen molar-refractivity contribution in [3.05, 3.63) is 18.1 Å². The number of nitrogens with zero attached hydrogens (tertiary/aromatic N) is 3. The molecule has 1 aliphatic rings. The van der Waals surface area contributed by atoms with Crippen molar-refractivity contribution in [1.29, 1.82) is 0 Å². The first-order valence-electron chi connectivity index (χ1n) is 7.84. The molecule has 2 unspecified atom stereocenters. The Labute approximate surface area is 123 Å². The second kappa shape index (κ2) is 7.02. The third-order valence-corrected chi connectivity index (χ3v) is 3.96. The van der Waals surface area contributed by atoms with E-state index in [2.05, 4.69) is 42.9 Å². The van der Waals surface area contributed by atoms with Gasteiger partial charge in [0, 0.05) is 25.3 Å². The molecular weight excluding hydrogens is 248 g/mol. The maximum absolute atomic E-state index is 4.77. The molecule has 0 radical (unpaired) electrons. The van der Waals surface area contributed by atoms with E-state index in [1.807, 2.05) is 12.4 Å². The van der Waals surface area contributed by atoms with E-state index < -0.39 is 0 Å². The van der Waals surface area contributed by atoms with E-state index in [1.54, 1.807) is 0 Å². The van der Waals surface area contributed by atoms with Crippen LogP contribution in [0.15, 0.2) is 12.4 Å². The molecule has 0 aliphatic carbocycles. The molecule has 4 heteroatoms. The van der Waals surface area contributed by atoms with E-state index in [0.717, 1.165) is 37.1 Å². The summed E-state index contributed by atoms with van der Waals surface area (Å²) in [5, 5.41) is 3.43. The maximum Gasteiger partial charge on any atom is 0.147 e. The predicted molar refractivity (Wildman–Crippen MR) is 83.8 cm³/mol. The van der Waals surface area contributed by atoms with Crippen molar-refractivity contribution in [2.75, 3.05) is 18.0 Å². The molecule has 2 atom stereocenters. The number of aromatic nitrogens is 2. The van der Waals surface area contributed by atoms with E-state index in [1.165, 1.54) is 12.8 Å². The summed E-state index contributed by atoms with van der Waals surface area (Å²) in [5.41, 5.74) is 1.04. The summed E-state index contributed by atoms with van der Waals surface area (Å²) >= 11 is 0. The molecule has 2 rings (SSSR count). The van der Waals surface area contributed by atoms with E-state index >= 15 is 0 Å². The molecule has 1 aromatic heterocycles. The Morgan fingerprint density at radius 2 is 2.15 bits per heavy atom. The van der Waals surface area contributed by atoms with Crippen molar-refractivity contribution in [1.82, 2.24) is 15.3 Å². The monoisotopic (exact) mass is 276 g/mol. The SMILES string of the molecule is CC(C)CNCc1cncc(N2CCC(C)CC2C)n1. The Morgan fingerprint density at radius 1 is 1.35 bits per heavy atom. The average molecular weight is 276 g/mol. The molecule has 0 amide bonds. The average Bonchev–Trinajstić information content (AvgIpc) is 2.38. The van der Waals surface area contributed by atoms with Gasteiger partial charge in [0.1, 0.15) is 5.82 Å². The van der Waals surface area contributed by atoms with Crippen LogP contribution in [-0.2, 0) is 6.54 Å². The molecule has 2 heterocycles. The lowest BCUT2D eigenvalue weighted by molar-refractivity contribution is 0.375. The highest BCUT2D eigenvalue weighted by Crippen LogP contribution is 2.26. The molecule has 1 N–H and O–H groups in total. The molecule has 20 heavy (non-hydrogen) atoms. The summed E-state index contributed by atoms with van der Waals surface area (Å²) in [6.07, 6.45) is 6.27. The summed E-state index contributed by atoms with van der Waals surface area (Å²) in [5.74, 6) is 2.52. The molecule has 1 fully saturated rings. The van der Waals surface area contributed by atoms with Gasteiger partial charge in [-0.3, -0.25) is 4.98 Å². The smallest absolute Gasteiger partial charge is 0.147 e. The summed E-state index contributed by atoms with van der Waals surface area (Å²) < 4.78 is 0. The maximum atomic E-state index is 4.77. The van der Waals surface area contributed by atoms with Crippen LogP contribution in [0.4, 0.5) is 5.82 Å². The van der Waals surface area contributed by atoms with E-state index in [9.17, 15) is 0 Å². The molecule has 0 saturated carbocycles. The van der Waals surface area contributed by atoms with Gasteiger partial charge in [-0.1, -0.05) is 20.8 Å². The van der Waals surface area contributed by atoms with Crippen molar-refractivity contribution in [3.63, 3.8) is 0 Å². The van der Waals surface area contributed by atoms with Crippen molar-refractivity contribution in [2.45, 2.75) is 53.1 Å². The Morgan fingerprint density at radius 3 is 2.85 bits per heavy atom. The van der Waals surface area contributed by atoms with Gasteiger partial charge < -0.3 is 10.2 Å². The van der Waals surface area contributed by atoms with Crippen LogP contribution in [0.3, 0.4) is 0 Å². The van der Waals surface area contributed by atoms with Crippen molar-refractivity contribution in [2.24, 2.45) is 11.8 Å². The van der Waals surface area contributed by atoms with Crippen LogP contribution < -0.4 is 10.2 Å². The third-order valence-electron chi connectivity index (χ3n) is 3.96. The molecule has 0 bridgehead atoms. The van der Waals surface area contributed by atoms with Crippen LogP contribution in [-0.4, -0.2) is 29.1 Å². The molecule has 1 aromatic rings. The first kappa shape index (κ1) is 15.2. The number of anilines is 1. The topological polar surface area (TPSA) is 41.1 Å². The van der Waals surface area contributed by atoms with Gasteiger partial charge in [-0.15, -0.1) is 0 Å². The molecule has 1 saturated heterocycles. The normalized spacial score (nSPS) is 23.4. The highest BCUT2D eigenvalue weighted by atomic mass is 15.2. The van der Waals surface area contributed by atoms with Gasteiger partial charge in [-0.25, -0.2) is 4.98 Å². The van der Waals surface area contributed by atoms with E-state index in [-0.39, 0.29) is 0 Å². The van der Waals surface area contributed by atoms with Crippen molar-refractivity contribution in [3.8, 4) is 0 Å². The van der Waals surface area contributed by atoms with Crippen molar-refractivity contribution >= 4 is 5.82 Å². The van der Waals surface area contributed by atoms with E-state index in [4.69, 9.17) is 4.98 Å². The minimum Gasteiger partial charge on any atom is -0.353 e. The lowest BCUT2D eigenvalue weighted by atomic mass is 9.93. The molecule has 1 aliphatic heterocycles. The summed E-state index contributed by atoms with van der Waals surface area (Å²) in [7, 11) is 0. The number of piperidine rings is 1. The van der Waals surface area contributed by atoms with Crippen molar-refractivity contribution < 1.29 is 0 Å². The predicted octanol–water partition coefficient (Wildman–Crippen LogP) is 2.85. The number of hydrogen-bond acceptors (Lipinski definition) is 4. The Balaban J connectivity index is 1.98. The minimum absolute atomic E-state index is 0.562. The Hall–Kier alpha value is -1.16. The Kier molecular flexibility index (Phi) is 5.35. The van der Waals surface area contributed by atoms with Crippen LogP contribution in [0, 0.1) is 11.8 Å². The van der Waals surface area contributed by atoms with Crippen LogP contribution in [0.25, 0.3) is 0 Å². The largest absolute Gasteiger partial charge is 0.353 e. The second-order valence-corrected chi connectivity index (χ2v) is 6.57. The van der Waals surface area contributed by atoms with Gasteiger partial charge in [0.2, 0.25) is 0 Å². The van der Waals surface area contributed by atoms with Gasteiger partial charge in [-0.05, 0) is 38.1 Å². The minimum atomic E-state index is 0.562. The zero-order valence-electron chi connectivity index (χ0n) is 13.3. The zero-order chi connectivity index (χ0) is 14.5. The van der Waals surface area contributed by atoms with Gasteiger partial charge in [0.15, 0.2) is 0 Å². The molecule has 4 nitrogen and oxygen atoms in total. The highest BCUT2D eigenvalue weighted by Gasteiger charge is 2.24. The van der Waals surface area contributed by atoms with Crippen LogP contribution >= 0.6 is 0 Å². The summed E-state index contributed by atoms with van der Waals surface area (Å²) in [6, 6.07) is 0.562. The van der Waals surface area contributed by atoms with Gasteiger partial charge in [0.25, 0.3) is 0 Å². The van der Waals surface area contributed by atoms with Crippen LogP contribution in [0.5, 0.6) is 0 Å². The molecule has 112 valence electrons. The quantitative estimate of drug-likeness (QED) is 0.898. The lowest BCUT2D eigenvalue weighted by Crippen LogP contribution is -2.41. The van der Waals surface area contributed by atoms with E-state index in [0.29, 0.717) is 12.0 Å². The molecule has 0 spiro atoms. The number of nitrogens with one attached hydrogen (secondary N) is 1. The summed E-state index contributed by atoms with van der Waals surface area (Å²) in [4.78, 5) is 11.5. The van der Waals surface area contributed by atoms with Crippen LogP contribution in [0.2, 0.25) is 0 Å². The Bertz CT molecular complexity index is 419. The highest BCUT2D eigenvalue weighted by molar-refractivity contribution is 5.38. The standard InChI is InChI=1S/C16H28N4/c1-12(2)8-17-9-15-10-18-11-16(19-15)20-6-5-13(3)7-14(20)4/h10-14,17H,5-9H2,1-4H3. The first-order valence-corrected chi connectivity index (χ1v) is 7.84. The fraction of sp³-hybridized carbons (Fsp3) is 0.750. The second-order valence-electron chi connectivity index (χ2n) is 6.57. The fourth-order valence-corrected chi connectivity index (χ4v) is 2.85. The molecular formula is C16H28N4. The van der Waals surface area contributed by atoms with Crippen LogP contribution in [0.1, 0.15) is 46.2 Å². The lowest BCUT2D eigenvalue weighted by Gasteiger charge is -2.37. The van der Waals surface area contributed by atoms with Gasteiger partial charge in [0.05, 0.1) is 11.9 Å². The van der Waals surface area contributed by atoms with Gasteiger partial charge >= 0.3 is 0 Å². The summed E-state index contributed by atoms with van der Waals surface area (Å²) in [6.45, 7) is 12.0. The molecule has 0 aromatic carbocycles. The number of rotatable bonds is 5. The zero-order valence-corrected chi connectivity index (χ0v) is 13.3. The number of hydrogen-bond donors (Lipinski definition) is 1. The third kappa shape index (κ3) is 4.17. The fourth-order valence-electron chi connectivity index (χ4n) is 2.85.